The average molecular weight is 147 g/mol. The fraction of sp³-hybridized carbons (Fsp3) is 1.00. The predicted octanol–water partition coefficient (Wildman–Crippen LogP) is 0.424. The lowest BCUT2D eigenvalue weighted by Crippen LogP contribution is -2.42. The molecule has 0 bridgehead atoms. The van der Waals surface area contributed by atoms with Gasteiger partial charge in [-0.15, -0.1) is 0 Å². The van der Waals surface area contributed by atoms with Crippen molar-refractivity contribution >= 4 is 0 Å². The molecule has 0 aliphatic heterocycles. The Hall–Kier alpha value is -0.120. The highest BCUT2D eigenvalue weighted by Gasteiger charge is 2.11. The van der Waals surface area contributed by atoms with Crippen LogP contribution in [-0.4, -0.2) is 22.7 Å². The zero-order valence-electron chi connectivity index (χ0n) is 6.72. The smallest absolute Gasteiger partial charge is 0.219 e. The van der Waals surface area contributed by atoms with E-state index >= 15 is 0 Å². The molecule has 0 aromatic carbocycles. The number of hydrogen-bond acceptors (Lipinski definition) is 3. The van der Waals surface area contributed by atoms with Crippen LogP contribution in [0.5, 0.6) is 0 Å². The van der Waals surface area contributed by atoms with Crippen LogP contribution in [0.1, 0.15) is 33.1 Å². The van der Waals surface area contributed by atoms with E-state index in [0.29, 0.717) is 6.54 Å². The van der Waals surface area contributed by atoms with Gasteiger partial charge in [0.15, 0.2) is 0 Å². The first-order valence-electron chi connectivity index (χ1n) is 3.76. The lowest BCUT2D eigenvalue weighted by molar-refractivity contribution is -0.169. The highest BCUT2D eigenvalue weighted by molar-refractivity contribution is 4.52. The molecule has 62 valence electrons. The normalized spacial score (nSPS) is 12.0. The largest absolute Gasteiger partial charge is 0.354 e. The van der Waals surface area contributed by atoms with Crippen molar-refractivity contribution in [1.82, 2.24) is 5.32 Å². The van der Waals surface area contributed by atoms with Gasteiger partial charge in [0, 0.05) is 13.5 Å². The van der Waals surface area contributed by atoms with Crippen LogP contribution in [0.2, 0.25) is 0 Å². The van der Waals surface area contributed by atoms with Crippen LogP contribution in [0, 0.1) is 0 Å². The second-order valence-corrected chi connectivity index (χ2v) is 2.65. The second-order valence-electron chi connectivity index (χ2n) is 2.65. The highest BCUT2D eigenvalue weighted by atomic mass is 16.5. The molecule has 0 saturated heterocycles. The van der Waals surface area contributed by atoms with Gasteiger partial charge in [-0.25, -0.2) is 0 Å². The summed E-state index contributed by atoms with van der Waals surface area (Å²) in [5.41, 5.74) is 0. The zero-order chi connectivity index (χ0) is 8.04. The summed E-state index contributed by atoms with van der Waals surface area (Å²) in [5.74, 6) is -1.70. The van der Waals surface area contributed by atoms with Crippen LogP contribution >= 0.6 is 0 Å². The minimum absolute atomic E-state index is 0.664. The third-order valence-corrected chi connectivity index (χ3v) is 1.24. The fourth-order valence-electron chi connectivity index (χ4n) is 0.700. The Morgan fingerprint density at radius 3 is 2.30 bits per heavy atom. The third-order valence-electron chi connectivity index (χ3n) is 1.24. The number of rotatable bonds is 5. The maximum Gasteiger partial charge on any atom is 0.219 e. The van der Waals surface area contributed by atoms with E-state index in [9.17, 15) is 0 Å². The third kappa shape index (κ3) is 7.88. The number of aliphatic hydroxyl groups is 2. The molecule has 0 spiro atoms. The molecule has 0 unspecified atom stereocenters. The van der Waals surface area contributed by atoms with Gasteiger partial charge < -0.3 is 10.2 Å². The summed E-state index contributed by atoms with van der Waals surface area (Å²) >= 11 is 0. The number of nitrogens with one attached hydrogen (secondary N) is 1. The van der Waals surface area contributed by atoms with E-state index in [-0.39, 0.29) is 0 Å². The maximum absolute atomic E-state index is 8.76. The van der Waals surface area contributed by atoms with Crippen molar-refractivity contribution < 1.29 is 10.2 Å². The Balaban J connectivity index is 3.04. The molecule has 0 aromatic rings. The first kappa shape index (κ1) is 9.88. The molecule has 0 radical (unpaired) electrons. The van der Waals surface area contributed by atoms with Crippen molar-refractivity contribution in [3.63, 3.8) is 0 Å². The molecule has 0 heterocycles. The molecule has 0 atom stereocenters. The van der Waals surface area contributed by atoms with E-state index in [4.69, 9.17) is 10.2 Å². The molecular weight excluding hydrogens is 130 g/mol. The Morgan fingerprint density at radius 2 is 1.90 bits per heavy atom. The van der Waals surface area contributed by atoms with Crippen molar-refractivity contribution in [2.45, 2.75) is 39.0 Å². The van der Waals surface area contributed by atoms with E-state index in [1.165, 1.54) is 6.92 Å². The van der Waals surface area contributed by atoms with Gasteiger partial charge in [0.05, 0.1) is 0 Å². The molecule has 0 fully saturated rings. The van der Waals surface area contributed by atoms with Crippen molar-refractivity contribution in [2.75, 3.05) is 6.54 Å². The molecule has 0 saturated carbocycles. The first-order chi connectivity index (χ1) is 4.56. The molecule has 10 heavy (non-hydrogen) atoms. The van der Waals surface area contributed by atoms with Crippen LogP contribution in [0.4, 0.5) is 0 Å². The van der Waals surface area contributed by atoms with E-state index in [0.717, 1.165) is 19.3 Å². The molecule has 3 heteroatoms. The lowest BCUT2D eigenvalue weighted by Gasteiger charge is -2.16. The Labute approximate surface area is 62.1 Å². The van der Waals surface area contributed by atoms with E-state index in [2.05, 4.69) is 12.2 Å². The molecule has 0 aliphatic rings. The molecule has 3 N–H and O–H groups in total. The average Bonchev–Trinajstić information content (AvgIpc) is 1.78. The molecular formula is C7H17NO2. The number of unbranched alkanes of at least 4 members (excludes halogenated alkanes) is 2. The SMILES string of the molecule is CCCCCNC(C)(O)O. The van der Waals surface area contributed by atoms with Crippen molar-refractivity contribution in [3.05, 3.63) is 0 Å². The molecule has 0 aliphatic carbocycles. The van der Waals surface area contributed by atoms with Gasteiger partial charge >= 0.3 is 0 Å². The van der Waals surface area contributed by atoms with Crippen molar-refractivity contribution in [1.29, 1.82) is 0 Å². The van der Waals surface area contributed by atoms with Crippen molar-refractivity contribution in [3.8, 4) is 0 Å². The minimum Gasteiger partial charge on any atom is -0.354 e. The summed E-state index contributed by atoms with van der Waals surface area (Å²) < 4.78 is 0. The summed E-state index contributed by atoms with van der Waals surface area (Å²) in [7, 11) is 0. The Bertz CT molecular complexity index is 78.2. The Kier molecular flexibility index (Phi) is 4.60. The van der Waals surface area contributed by atoms with Gasteiger partial charge in [0.2, 0.25) is 5.91 Å². The molecule has 3 nitrogen and oxygen atoms in total. The summed E-state index contributed by atoms with van der Waals surface area (Å²) in [6.45, 7) is 4.09. The Morgan fingerprint density at radius 1 is 1.30 bits per heavy atom. The van der Waals surface area contributed by atoms with Crippen molar-refractivity contribution in [2.24, 2.45) is 0 Å². The van der Waals surface area contributed by atoms with Gasteiger partial charge in [-0.3, -0.25) is 5.32 Å². The summed E-state index contributed by atoms with van der Waals surface area (Å²) in [6.07, 6.45) is 3.27. The molecule has 0 rings (SSSR count). The van der Waals surface area contributed by atoms with E-state index in [1.54, 1.807) is 0 Å². The van der Waals surface area contributed by atoms with Crippen LogP contribution in [0.15, 0.2) is 0 Å². The highest BCUT2D eigenvalue weighted by Crippen LogP contribution is 1.94. The monoisotopic (exact) mass is 147 g/mol. The predicted molar refractivity (Wildman–Crippen MR) is 40.4 cm³/mol. The molecule has 0 aromatic heterocycles. The zero-order valence-corrected chi connectivity index (χ0v) is 6.72. The topological polar surface area (TPSA) is 52.5 Å². The van der Waals surface area contributed by atoms with Gasteiger partial charge in [-0.05, 0) is 6.42 Å². The van der Waals surface area contributed by atoms with E-state index < -0.39 is 5.91 Å². The standard InChI is InChI=1S/C7H17NO2/c1-3-4-5-6-8-7(2,9)10/h8-10H,3-6H2,1-2H3. The fourth-order valence-corrected chi connectivity index (χ4v) is 0.700. The lowest BCUT2D eigenvalue weighted by atomic mass is 10.2. The van der Waals surface area contributed by atoms with Crippen LogP contribution in [-0.2, 0) is 0 Å². The van der Waals surface area contributed by atoms with E-state index in [1.807, 2.05) is 0 Å². The number of hydrogen-bond donors (Lipinski definition) is 3. The molecule has 0 amide bonds. The van der Waals surface area contributed by atoms with Gasteiger partial charge in [0.1, 0.15) is 0 Å². The van der Waals surface area contributed by atoms with Gasteiger partial charge in [-0.1, -0.05) is 19.8 Å². The van der Waals surface area contributed by atoms with Gasteiger partial charge in [-0.2, -0.15) is 0 Å². The second kappa shape index (κ2) is 4.66. The van der Waals surface area contributed by atoms with Crippen LogP contribution < -0.4 is 5.32 Å². The van der Waals surface area contributed by atoms with Gasteiger partial charge in [0.25, 0.3) is 0 Å². The minimum atomic E-state index is -1.70. The van der Waals surface area contributed by atoms with Crippen LogP contribution in [0.25, 0.3) is 0 Å². The van der Waals surface area contributed by atoms with Crippen LogP contribution in [0.3, 0.4) is 0 Å². The summed E-state index contributed by atoms with van der Waals surface area (Å²) in [6, 6.07) is 0. The summed E-state index contributed by atoms with van der Waals surface area (Å²) in [5, 5.41) is 20.1. The first-order valence-corrected chi connectivity index (χ1v) is 3.76. The summed E-state index contributed by atoms with van der Waals surface area (Å²) in [4.78, 5) is 0. The maximum atomic E-state index is 8.76. The quantitative estimate of drug-likeness (QED) is 0.390.